The van der Waals surface area contributed by atoms with Crippen LogP contribution in [0.3, 0.4) is 0 Å². The number of alkyl halides is 3. The van der Waals surface area contributed by atoms with Crippen molar-refractivity contribution in [2.45, 2.75) is 32.9 Å². The summed E-state index contributed by atoms with van der Waals surface area (Å²) in [5, 5.41) is 12.1. The van der Waals surface area contributed by atoms with E-state index in [1.807, 2.05) is 13.8 Å². The fourth-order valence-corrected chi connectivity index (χ4v) is 2.77. The number of hydrogen-bond donors (Lipinski definition) is 2. The minimum atomic E-state index is -4.58. The second kappa shape index (κ2) is 8.79. The summed E-state index contributed by atoms with van der Waals surface area (Å²) in [4.78, 5) is 12.1. The molecule has 0 aliphatic carbocycles. The molecule has 0 fully saturated rings. The van der Waals surface area contributed by atoms with Gasteiger partial charge in [0.15, 0.2) is 0 Å². The van der Waals surface area contributed by atoms with Gasteiger partial charge in [0.2, 0.25) is 0 Å². The van der Waals surface area contributed by atoms with Crippen molar-refractivity contribution in [3.63, 3.8) is 0 Å². The van der Waals surface area contributed by atoms with Crippen LogP contribution in [-0.2, 0) is 12.6 Å². The standard InChI is InChI=1S/C20H22F3NO3/c1-3-14-12-15(25)11-13(2)18(14)27-10-6-9-24-19(26)16-7-4-5-8-17(16)20(21,22)23/h4-5,7-8,11-12,25H,3,6,9-10H2,1-2H3,(H,24,26). The van der Waals surface area contributed by atoms with Crippen LogP contribution in [0.1, 0.15) is 40.4 Å². The molecule has 2 aromatic rings. The Bertz CT molecular complexity index is 804. The maximum atomic E-state index is 13.0. The number of rotatable bonds is 7. The number of phenolic OH excluding ortho intramolecular Hbond substituents is 1. The zero-order valence-corrected chi connectivity index (χ0v) is 15.2. The van der Waals surface area contributed by atoms with Crippen LogP contribution in [0.25, 0.3) is 0 Å². The van der Waals surface area contributed by atoms with E-state index in [2.05, 4.69) is 5.32 Å². The van der Waals surface area contributed by atoms with E-state index in [0.29, 0.717) is 25.2 Å². The highest BCUT2D eigenvalue weighted by atomic mass is 19.4. The van der Waals surface area contributed by atoms with Gasteiger partial charge in [-0.3, -0.25) is 4.79 Å². The van der Waals surface area contributed by atoms with Crippen LogP contribution < -0.4 is 10.1 Å². The van der Waals surface area contributed by atoms with Crippen LogP contribution in [0.2, 0.25) is 0 Å². The number of nitrogens with one attached hydrogen (secondary N) is 1. The molecule has 2 N–H and O–H groups in total. The first kappa shape index (κ1) is 20.6. The predicted octanol–water partition coefficient (Wildman–Crippen LogP) is 4.48. The Kier molecular flexibility index (Phi) is 6.71. The van der Waals surface area contributed by atoms with Crippen LogP contribution >= 0.6 is 0 Å². The van der Waals surface area contributed by atoms with E-state index in [1.165, 1.54) is 12.1 Å². The van der Waals surface area contributed by atoms with Crippen molar-refractivity contribution in [3.05, 3.63) is 58.7 Å². The Balaban J connectivity index is 1.89. The summed E-state index contributed by atoms with van der Waals surface area (Å²) >= 11 is 0. The molecule has 0 saturated carbocycles. The fourth-order valence-electron chi connectivity index (χ4n) is 2.77. The van der Waals surface area contributed by atoms with Crippen molar-refractivity contribution < 1.29 is 27.8 Å². The molecule has 0 radical (unpaired) electrons. The van der Waals surface area contributed by atoms with E-state index >= 15 is 0 Å². The molecule has 0 bridgehead atoms. The molecular weight excluding hydrogens is 359 g/mol. The second-order valence-corrected chi connectivity index (χ2v) is 6.11. The Morgan fingerprint density at radius 2 is 1.93 bits per heavy atom. The Morgan fingerprint density at radius 1 is 1.22 bits per heavy atom. The number of phenols is 1. The predicted molar refractivity (Wildman–Crippen MR) is 96.1 cm³/mol. The van der Waals surface area contributed by atoms with Gasteiger partial charge >= 0.3 is 6.18 Å². The first-order valence-corrected chi connectivity index (χ1v) is 8.63. The van der Waals surface area contributed by atoms with Crippen LogP contribution in [-0.4, -0.2) is 24.2 Å². The van der Waals surface area contributed by atoms with Crippen molar-refractivity contribution in [2.24, 2.45) is 0 Å². The topological polar surface area (TPSA) is 58.6 Å². The monoisotopic (exact) mass is 381 g/mol. The third kappa shape index (κ3) is 5.39. The van der Waals surface area contributed by atoms with Crippen molar-refractivity contribution >= 4 is 5.91 Å². The number of carbonyl (C=O) groups is 1. The lowest BCUT2D eigenvalue weighted by molar-refractivity contribution is -0.137. The van der Waals surface area contributed by atoms with E-state index in [0.717, 1.165) is 23.3 Å². The Labute approximate surface area is 156 Å². The van der Waals surface area contributed by atoms with E-state index in [1.54, 1.807) is 12.1 Å². The molecule has 4 nitrogen and oxygen atoms in total. The summed E-state index contributed by atoms with van der Waals surface area (Å²) in [6, 6.07) is 7.92. The maximum absolute atomic E-state index is 13.0. The zero-order valence-electron chi connectivity index (χ0n) is 15.2. The maximum Gasteiger partial charge on any atom is 0.417 e. The minimum Gasteiger partial charge on any atom is -0.508 e. The van der Waals surface area contributed by atoms with Gasteiger partial charge in [0.25, 0.3) is 5.91 Å². The van der Waals surface area contributed by atoms with E-state index in [9.17, 15) is 23.1 Å². The Morgan fingerprint density at radius 3 is 2.59 bits per heavy atom. The SMILES string of the molecule is CCc1cc(O)cc(C)c1OCCCNC(=O)c1ccccc1C(F)(F)F. The normalized spacial score (nSPS) is 11.3. The fraction of sp³-hybridized carbons (Fsp3) is 0.350. The van der Waals surface area contributed by atoms with Crippen LogP contribution in [0, 0.1) is 6.92 Å². The summed E-state index contributed by atoms with van der Waals surface area (Å²) in [5.41, 5.74) is 0.324. The van der Waals surface area contributed by atoms with Crippen molar-refractivity contribution in [1.29, 1.82) is 0 Å². The molecule has 0 aliphatic heterocycles. The number of benzene rings is 2. The lowest BCUT2D eigenvalue weighted by Crippen LogP contribution is -2.28. The van der Waals surface area contributed by atoms with Gasteiger partial charge in [0.05, 0.1) is 17.7 Å². The largest absolute Gasteiger partial charge is 0.508 e. The quantitative estimate of drug-likeness (QED) is 0.695. The zero-order chi connectivity index (χ0) is 20.0. The van der Waals surface area contributed by atoms with Crippen molar-refractivity contribution in [3.8, 4) is 11.5 Å². The molecular formula is C20H22F3NO3. The smallest absolute Gasteiger partial charge is 0.417 e. The molecule has 0 heterocycles. The summed E-state index contributed by atoms with van der Waals surface area (Å²) in [6.45, 7) is 4.24. The molecule has 0 unspecified atom stereocenters. The molecule has 0 spiro atoms. The number of amides is 1. The van der Waals surface area contributed by atoms with Gasteiger partial charge in [0, 0.05) is 6.54 Å². The summed E-state index contributed by atoms with van der Waals surface area (Å²) in [7, 11) is 0. The third-order valence-electron chi connectivity index (χ3n) is 4.05. The first-order chi connectivity index (χ1) is 12.7. The van der Waals surface area contributed by atoms with E-state index < -0.39 is 23.2 Å². The number of halogens is 3. The average Bonchev–Trinajstić information content (AvgIpc) is 2.61. The van der Waals surface area contributed by atoms with Gasteiger partial charge in [-0.15, -0.1) is 0 Å². The van der Waals surface area contributed by atoms with E-state index in [-0.39, 0.29) is 12.3 Å². The van der Waals surface area contributed by atoms with Gasteiger partial charge < -0.3 is 15.2 Å². The van der Waals surface area contributed by atoms with Gasteiger partial charge in [-0.25, -0.2) is 0 Å². The van der Waals surface area contributed by atoms with E-state index in [4.69, 9.17) is 4.74 Å². The number of carbonyl (C=O) groups excluding carboxylic acids is 1. The number of ether oxygens (including phenoxy) is 1. The van der Waals surface area contributed by atoms with Crippen molar-refractivity contribution in [1.82, 2.24) is 5.32 Å². The number of aryl methyl sites for hydroxylation is 2. The van der Waals surface area contributed by atoms with Gasteiger partial charge in [0.1, 0.15) is 11.5 Å². The van der Waals surface area contributed by atoms with Crippen molar-refractivity contribution in [2.75, 3.05) is 13.2 Å². The molecule has 2 rings (SSSR count). The van der Waals surface area contributed by atoms with Crippen LogP contribution in [0.15, 0.2) is 36.4 Å². The highest BCUT2D eigenvalue weighted by Crippen LogP contribution is 2.32. The van der Waals surface area contributed by atoms with Crippen LogP contribution in [0.4, 0.5) is 13.2 Å². The summed E-state index contributed by atoms with van der Waals surface area (Å²) in [5.74, 6) is 0.0920. The molecule has 0 atom stereocenters. The molecule has 1 amide bonds. The Hall–Kier alpha value is -2.70. The molecule has 146 valence electrons. The van der Waals surface area contributed by atoms with Crippen LogP contribution in [0.5, 0.6) is 11.5 Å². The summed E-state index contributed by atoms with van der Waals surface area (Å²) in [6.07, 6.45) is -3.46. The molecule has 2 aromatic carbocycles. The average molecular weight is 381 g/mol. The lowest BCUT2D eigenvalue weighted by Gasteiger charge is -2.15. The lowest BCUT2D eigenvalue weighted by atomic mass is 10.1. The van der Waals surface area contributed by atoms with Gasteiger partial charge in [-0.1, -0.05) is 19.1 Å². The molecule has 0 aliphatic rings. The minimum absolute atomic E-state index is 0.173. The summed E-state index contributed by atoms with van der Waals surface area (Å²) < 4.78 is 44.6. The highest BCUT2D eigenvalue weighted by molar-refractivity contribution is 5.95. The molecule has 27 heavy (non-hydrogen) atoms. The second-order valence-electron chi connectivity index (χ2n) is 6.11. The van der Waals surface area contributed by atoms with Gasteiger partial charge in [-0.05, 0) is 55.2 Å². The molecule has 7 heteroatoms. The number of aromatic hydroxyl groups is 1. The molecule has 0 aromatic heterocycles. The number of hydrogen-bond acceptors (Lipinski definition) is 3. The third-order valence-corrected chi connectivity index (χ3v) is 4.05. The highest BCUT2D eigenvalue weighted by Gasteiger charge is 2.34. The first-order valence-electron chi connectivity index (χ1n) is 8.63. The molecule has 0 saturated heterocycles. The van der Waals surface area contributed by atoms with Gasteiger partial charge in [-0.2, -0.15) is 13.2 Å².